The first-order valence-corrected chi connectivity index (χ1v) is 9.95. The first-order chi connectivity index (χ1) is 12.1. The summed E-state index contributed by atoms with van der Waals surface area (Å²) in [6.07, 6.45) is 0.133. The molecule has 2 rings (SSSR count). The molecule has 0 bridgehead atoms. The topological polar surface area (TPSA) is 38.3 Å². The van der Waals surface area contributed by atoms with Crippen molar-refractivity contribution in [1.82, 2.24) is 5.32 Å². The number of benzene rings is 2. The molecule has 1 N–H and O–H groups in total. The Labute approximate surface area is 159 Å². The number of hydrogen-bond acceptors (Lipinski definition) is 3. The van der Waals surface area contributed by atoms with E-state index < -0.39 is 6.10 Å². The molecule has 2 aromatic carbocycles. The van der Waals surface area contributed by atoms with Crippen LogP contribution in [0.15, 0.2) is 48.5 Å². The van der Waals surface area contributed by atoms with Gasteiger partial charge in [-0.2, -0.15) is 11.8 Å². The van der Waals surface area contributed by atoms with Crippen LogP contribution in [0.4, 0.5) is 0 Å². The molecule has 0 aliphatic heterocycles. The van der Waals surface area contributed by atoms with Gasteiger partial charge in [0.1, 0.15) is 5.75 Å². The van der Waals surface area contributed by atoms with Gasteiger partial charge in [-0.15, -0.1) is 0 Å². The van der Waals surface area contributed by atoms with E-state index in [4.69, 9.17) is 16.3 Å². The highest BCUT2D eigenvalue weighted by Gasteiger charge is 2.17. The van der Waals surface area contributed by atoms with E-state index in [-0.39, 0.29) is 5.91 Å². The van der Waals surface area contributed by atoms with Crippen LogP contribution in [0.5, 0.6) is 5.75 Å². The number of carbonyl (C=O) groups excluding carboxylic acids is 1. The Kier molecular flexibility index (Phi) is 8.16. The molecule has 0 fully saturated rings. The monoisotopic (exact) mass is 377 g/mol. The van der Waals surface area contributed by atoms with Crippen molar-refractivity contribution in [2.75, 3.05) is 12.3 Å². The number of hydrogen-bond donors (Lipinski definition) is 1. The number of nitrogens with one attached hydrogen (secondary N) is 1. The summed E-state index contributed by atoms with van der Waals surface area (Å²) >= 11 is 7.67. The summed E-state index contributed by atoms with van der Waals surface area (Å²) in [6.45, 7) is 4.66. The van der Waals surface area contributed by atoms with E-state index in [1.807, 2.05) is 18.7 Å². The lowest BCUT2D eigenvalue weighted by Gasteiger charge is -2.17. The molecule has 3 nitrogen and oxygen atoms in total. The van der Waals surface area contributed by atoms with Crippen LogP contribution in [-0.2, 0) is 10.5 Å². The SMILES string of the molecule is CC[C@H](Oc1ccc(Cl)cc1)C(=O)NCCSCc1ccc(C)cc1. The molecule has 0 spiro atoms. The van der Waals surface area contributed by atoms with Gasteiger partial charge in [0.25, 0.3) is 5.91 Å². The molecule has 0 unspecified atom stereocenters. The number of aryl methyl sites for hydroxylation is 1. The number of ether oxygens (including phenoxy) is 1. The standard InChI is InChI=1S/C20H24ClNO2S/c1-3-19(24-18-10-8-17(21)9-11-18)20(23)22-12-13-25-14-16-6-4-15(2)5-7-16/h4-11,19H,3,12-14H2,1-2H3,(H,22,23)/t19-/m0/s1. The van der Waals surface area contributed by atoms with Gasteiger partial charge in [-0.3, -0.25) is 4.79 Å². The van der Waals surface area contributed by atoms with E-state index >= 15 is 0 Å². The molecule has 134 valence electrons. The lowest BCUT2D eigenvalue weighted by molar-refractivity contribution is -0.127. The summed E-state index contributed by atoms with van der Waals surface area (Å²) in [6, 6.07) is 15.6. The van der Waals surface area contributed by atoms with Crippen LogP contribution in [0, 0.1) is 6.92 Å². The molecule has 0 aliphatic rings. The largest absolute Gasteiger partial charge is 0.481 e. The van der Waals surface area contributed by atoms with Crippen LogP contribution in [0.25, 0.3) is 0 Å². The van der Waals surface area contributed by atoms with E-state index in [2.05, 4.69) is 36.5 Å². The Morgan fingerprint density at radius 2 is 1.84 bits per heavy atom. The second kappa shape index (κ2) is 10.4. The lowest BCUT2D eigenvalue weighted by atomic mass is 10.2. The summed E-state index contributed by atoms with van der Waals surface area (Å²) in [5.74, 6) is 2.40. The third kappa shape index (κ3) is 7.00. The van der Waals surface area contributed by atoms with Gasteiger partial charge in [0.05, 0.1) is 0 Å². The second-order valence-corrected chi connectivity index (χ2v) is 7.34. The molecule has 0 aromatic heterocycles. The molecular weight excluding hydrogens is 354 g/mol. The zero-order valence-electron chi connectivity index (χ0n) is 14.6. The van der Waals surface area contributed by atoms with Gasteiger partial charge in [-0.1, -0.05) is 48.4 Å². The van der Waals surface area contributed by atoms with E-state index in [1.54, 1.807) is 24.3 Å². The van der Waals surface area contributed by atoms with Crippen molar-refractivity contribution in [3.05, 3.63) is 64.7 Å². The minimum absolute atomic E-state index is 0.0756. The molecule has 1 atom stereocenters. The van der Waals surface area contributed by atoms with E-state index in [1.165, 1.54) is 11.1 Å². The average molecular weight is 378 g/mol. The van der Waals surface area contributed by atoms with Gasteiger partial charge in [-0.05, 0) is 43.2 Å². The quantitative estimate of drug-likeness (QED) is 0.634. The highest BCUT2D eigenvalue weighted by atomic mass is 35.5. The number of amides is 1. The van der Waals surface area contributed by atoms with Crippen LogP contribution >= 0.6 is 23.4 Å². The van der Waals surface area contributed by atoms with Crippen molar-refractivity contribution in [2.45, 2.75) is 32.1 Å². The number of rotatable bonds is 9. The van der Waals surface area contributed by atoms with Crippen LogP contribution in [0.2, 0.25) is 5.02 Å². The smallest absolute Gasteiger partial charge is 0.261 e. The summed E-state index contributed by atoms with van der Waals surface area (Å²) in [5.41, 5.74) is 2.58. The van der Waals surface area contributed by atoms with Crippen molar-refractivity contribution in [1.29, 1.82) is 0 Å². The molecule has 0 saturated carbocycles. The Balaban J connectivity index is 1.68. The molecule has 0 saturated heterocycles. The highest BCUT2D eigenvalue weighted by Crippen LogP contribution is 2.18. The van der Waals surface area contributed by atoms with Crippen molar-refractivity contribution in [2.24, 2.45) is 0 Å². The average Bonchev–Trinajstić information content (AvgIpc) is 2.62. The second-order valence-electron chi connectivity index (χ2n) is 5.80. The molecule has 2 aromatic rings. The molecule has 0 heterocycles. The molecule has 25 heavy (non-hydrogen) atoms. The maximum Gasteiger partial charge on any atom is 0.261 e. The van der Waals surface area contributed by atoms with Gasteiger partial charge in [0.2, 0.25) is 0 Å². The highest BCUT2D eigenvalue weighted by molar-refractivity contribution is 7.98. The Morgan fingerprint density at radius 3 is 2.48 bits per heavy atom. The van der Waals surface area contributed by atoms with Crippen molar-refractivity contribution in [3.63, 3.8) is 0 Å². The first kappa shape index (κ1) is 19.7. The maximum absolute atomic E-state index is 12.2. The summed E-state index contributed by atoms with van der Waals surface area (Å²) in [5, 5.41) is 3.60. The summed E-state index contributed by atoms with van der Waals surface area (Å²) in [4.78, 5) is 12.2. The zero-order chi connectivity index (χ0) is 18.1. The molecule has 0 radical (unpaired) electrons. The molecule has 5 heteroatoms. The Hall–Kier alpha value is -1.65. The molecule has 1 amide bonds. The third-order valence-electron chi connectivity index (χ3n) is 3.69. The number of carbonyl (C=O) groups is 1. The van der Waals surface area contributed by atoms with Crippen LogP contribution in [0.3, 0.4) is 0 Å². The van der Waals surface area contributed by atoms with Crippen LogP contribution in [-0.4, -0.2) is 24.3 Å². The van der Waals surface area contributed by atoms with Crippen molar-refractivity contribution in [3.8, 4) is 5.75 Å². The van der Waals surface area contributed by atoms with Gasteiger partial charge in [0.15, 0.2) is 6.10 Å². The zero-order valence-corrected chi connectivity index (χ0v) is 16.2. The minimum atomic E-state index is -0.483. The number of thioether (sulfide) groups is 1. The van der Waals surface area contributed by atoms with Gasteiger partial charge in [-0.25, -0.2) is 0 Å². The first-order valence-electron chi connectivity index (χ1n) is 8.41. The fourth-order valence-corrected chi connectivity index (χ4v) is 3.18. The van der Waals surface area contributed by atoms with Crippen molar-refractivity contribution >= 4 is 29.3 Å². The predicted molar refractivity (Wildman–Crippen MR) is 107 cm³/mol. The minimum Gasteiger partial charge on any atom is -0.481 e. The van der Waals surface area contributed by atoms with E-state index in [0.717, 1.165) is 11.5 Å². The number of halogens is 1. The van der Waals surface area contributed by atoms with E-state index in [0.29, 0.717) is 23.7 Å². The molecular formula is C20H24ClNO2S. The fourth-order valence-electron chi connectivity index (χ4n) is 2.23. The lowest BCUT2D eigenvalue weighted by Crippen LogP contribution is -2.39. The third-order valence-corrected chi connectivity index (χ3v) is 4.97. The Bertz CT molecular complexity index is 658. The Morgan fingerprint density at radius 1 is 1.16 bits per heavy atom. The predicted octanol–water partition coefficient (Wildman–Crippen LogP) is 4.86. The fraction of sp³-hybridized carbons (Fsp3) is 0.350. The van der Waals surface area contributed by atoms with E-state index in [9.17, 15) is 4.79 Å². The van der Waals surface area contributed by atoms with Gasteiger partial charge >= 0.3 is 0 Å². The van der Waals surface area contributed by atoms with Gasteiger partial charge < -0.3 is 10.1 Å². The normalized spacial score (nSPS) is 11.8. The van der Waals surface area contributed by atoms with Crippen LogP contribution < -0.4 is 10.1 Å². The summed E-state index contributed by atoms with van der Waals surface area (Å²) in [7, 11) is 0. The van der Waals surface area contributed by atoms with Crippen molar-refractivity contribution < 1.29 is 9.53 Å². The summed E-state index contributed by atoms with van der Waals surface area (Å²) < 4.78 is 5.74. The van der Waals surface area contributed by atoms with Crippen LogP contribution in [0.1, 0.15) is 24.5 Å². The molecule has 0 aliphatic carbocycles. The maximum atomic E-state index is 12.2. The van der Waals surface area contributed by atoms with Gasteiger partial charge in [0, 0.05) is 23.1 Å².